The lowest BCUT2D eigenvalue weighted by Gasteiger charge is -2.27. The summed E-state index contributed by atoms with van der Waals surface area (Å²) in [4.78, 5) is 61.2. The second-order valence-electron chi connectivity index (χ2n) is 9.37. The highest BCUT2D eigenvalue weighted by Gasteiger charge is 2.33. The van der Waals surface area contributed by atoms with Gasteiger partial charge in [0.15, 0.2) is 0 Å². The largest absolute Gasteiger partial charge is 0.480 e. The molecule has 8 N–H and O–H groups in total. The Balaban J connectivity index is 5.56. The average molecular weight is 472 g/mol. The number of nitrogens with two attached hydrogens (primary N) is 2. The number of rotatable bonds is 15. The summed E-state index contributed by atoms with van der Waals surface area (Å²) in [5, 5.41) is 16.8. The van der Waals surface area contributed by atoms with Crippen LogP contribution >= 0.6 is 0 Å². The van der Waals surface area contributed by atoms with E-state index < -0.39 is 60.2 Å². The Kier molecular flexibility index (Phi) is 13.3. The number of carbonyl (C=O) groups is 5. The van der Waals surface area contributed by atoms with Gasteiger partial charge >= 0.3 is 5.97 Å². The van der Waals surface area contributed by atoms with Crippen molar-refractivity contribution < 1.29 is 29.1 Å². The molecule has 0 bridgehead atoms. The first-order valence-corrected chi connectivity index (χ1v) is 11.4. The van der Waals surface area contributed by atoms with Gasteiger partial charge in [-0.25, -0.2) is 4.79 Å². The molecule has 190 valence electrons. The fraction of sp³-hybridized carbons (Fsp3) is 0.773. The zero-order valence-electron chi connectivity index (χ0n) is 20.5. The summed E-state index contributed by atoms with van der Waals surface area (Å²) in [6.07, 6.45) is 0.658. The Morgan fingerprint density at radius 2 is 1.27 bits per heavy atom. The van der Waals surface area contributed by atoms with E-state index in [4.69, 9.17) is 11.5 Å². The minimum Gasteiger partial charge on any atom is -0.480 e. The highest BCUT2D eigenvalue weighted by Crippen LogP contribution is 2.10. The van der Waals surface area contributed by atoms with Crippen LogP contribution in [0.15, 0.2) is 0 Å². The van der Waals surface area contributed by atoms with Crippen LogP contribution in [-0.2, 0) is 24.0 Å². The van der Waals surface area contributed by atoms with E-state index in [1.807, 2.05) is 27.7 Å². The van der Waals surface area contributed by atoms with Gasteiger partial charge < -0.3 is 32.5 Å². The zero-order chi connectivity index (χ0) is 25.9. The van der Waals surface area contributed by atoms with E-state index in [0.717, 1.165) is 0 Å². The highest BCUT2D eigenvalue weighted by molar-refractivity contribution is 5.96. The Morgan fingerprint density at radius 1 is 0.788 bits per heavy atom. The smallest absolute Gasteiger partial charge is 0.326 e. The van der Waals surface area contributed by atoms with Crippen LogP contribution in [0.1, 0.15) is 67.2 Å². The molecule has 0 aromatic carbocycles. The minimum absolute atomic E-state index is 0.0209. The molecule has 0 radical (unpaired) electrons. The molecule has 0 aromatic rings. The summed E-state index contributed by atoms with van der Waals surface area (Å²) >= 11 is 0. The number of carbonyl (C=O) groups excluding carboxylic acids is 4. The molecule has 5 atom stereocenters. The third-order valence-electron chi connectivity index (χ3n) is 5.22. The van der Waals surface area contributed by atoms with Crippen LogP contribution in [0.3, 0.4) is 0 Å². The van der Waals surface area contributed by atoms with Gasteiger partial charge in [0.25, 0.3) is 0 Å². The number of primary amides is 1. The van der Waals surface area contributed by atoms with Crippen LogP contribution < -0.4 is 27.4 Å². The van der Waals surface area contributed by atoms with Gasteiger partial charge in [-0.15, -0.1) is 0 Å². The first-order valence-electron chi connectivity index (χ1n) is 11.4. The summed E-state index contributed by atoms with van der Waals surface area (Å²) in [5.74, 6) is -4.30. The van der Waals surface area contributed by atoms with Crippen molar-refractivity contribution in [2.45, 2.75) is 91.4 Å². The minimum atomic E-state index is -1.39. The highest BCUT2D eigenvalue weighted by atomic mass is 16.4. The van der Waals surface area contributed by atoms with Crippen LogP contribution in [-0.4, -0.2) is 58.9 Å². The molecule has 11 nitrogen and oxygen atoms in total. The molecule has 0 heterocycles. The van der Waals surface area contributed by atoms with E-state index in [2.05, 4.69) is 16.0 Å². The third-order valence-corrected chi connectivity index (χ3v) is 5.22. The van der Waals surface area contributed by atoms with Crippen molar-refractivity contribution in [3.05, 3.63) is 0 Å². The predicted molar refractivity (Wildman–Crippen MR) is 124 cm³/mol. The van der Waals surface area contributed by atoms with Crippen LogP contribution in [0.5, 0.6) is 0 Å². The van der Waals surface area contributed by atoms with E-state index >= 15 is 0 Å². The summed E-state index contributed by atoms with van der Waals surface area (Å²) in [6.45, 7) is 11.0. The zero-order valence-corrected chi connectivity index (χ0v) is 20.5. The quantitative estimate of drug-likeness (QED) is 0.191. The maximum absolute atomic E-state index is 12.9. The molecule has 5 unspecified atom stereocenters. The number of aliphatic carboxylic acids is 1. The molecule has 0 rings (SSSR count). The number of carboxylic acid groups (broad SMARTS) is 1. The maximum atomic E-state index is 12.9. The topological polar surface area (TPSA) is 194 Å². The fourth-order valence-electron chi connectivity index (χ4n) is 3.22. The molecule has 0 aliphatic heterocycles. The van der Waals surface area contributed by atoms with Crippen molar-refractivity contribution in [2.24, 2.45) is 29.2 Å². The van der Waals surface area contributed by atoms with Crippen molar-refractivity contribution in [3.63, 3.8) is 0 Å². The summed E-state index contributed by atoms with van der Waals surface area (Å²) in [7, 11) is 0. The second kappa shape index (κ2) is 14.5. The van der Waals surface area contributed by atoms with Gasteiger partial charge in [0.2, 0.25) is 23.6 Å². The van der Waals surface area contributed by atoms with Gasteiger partial charge in [-0.05, 0) is 30.6 Å². The summed E-state index contributed by atoms with van der Waals surface area (Å²) < 4.78 is 0. The number of hydrogen-bond donors (Lipinski definition) is 6. The maximum Gasteiger partial charge on any atom is 0.326 e. The number of hydrogen-bond acceptors (Lipinski definition) is 6. The molecule has 0 aromatic heterocycles. The molecule has 0 fully saturated rings. The molecule has 0 saturated heterocycles. The van der Waals surface area contributed by atoms with Gasteiger partial charge in [-0.1, -0.05) is 48.0 Å². The lowest BCUT2D eigenvalue weighted by molar-refractivity contribution is -0.144. The van der Waals surface area contributed by atoms with Crippen molar-refractivity contribution in [2.75, 3.05) is 0 Å². The fourth-order valence-corrected chi connectivity index (χ4v) is 3.22. The summed E-state index contributed by atoms with van der Waals surface area (Å²) in [6, 6.07) is -4.39. The van der Waals surface area contributed by atoms with Crippen molar-refractivity contribution in [1.29, 1.82) is 0 Å². The van der Waals surface area contributed by atoms with Crippen LogP contribution in [0.2, 0.25) is 0 Å². The molecule has 4 amide bonds. The van der Waals surface area contributed by atoms with Gasteiger partial charge in [-0.2, -0.15) is 0 Å². The van der Waals surface area contributed by atoms with Crippen molar-refractivity contribution >= 4 is 29.6 Å². The third kappa shape index (κ3) is 11.7. The first-order chi connectivity index (χ1) is 15.2. The van der Waals surface area contributed by atoms with Crippen molar-refractivity contribution in [1.82, 2.24) is 16.0 Å². The molecular formula is C22H41N5O6. The lowest BCUT2D eigenvalue weighted by atomic mass is 9.98. The number of carboxylic acids is 1. The Bertz CT molecular complexity index is 697. The van der Waals surface area contributed by atoms with Gasteiger partial charge in [0, 0.05) is 0 Å². The molecular weight excluding hydrogens is 430 g/mol. The van der Waals surface area contributed by atoms with Gasteiger partial charge in [0.05, 0.1) is 12.5 Å². The molecule has 0 aliphatic carbocycles. The molecule has 0 spiro atoms. The Hall–Kier alpha value is -2.69. The number of nitrogens with one attached hydrogen (secondary N) is 3. The molecule has 0 aliphatic rings. The Morgan fingerprint density at radius 3 is 1.70 bits per heavy atom. The van der Waals surface area contributed by atoms with E-state index in [-0.39, 0.29) is 24.2 Å². The van der Waals surface area contributed by atoms with Crippen LogP contribution in [0.4, 0.5) is 0 Å². The van der Waals surface area contributed by atoms with Crippen LogP contribution in [0.25, 0.3) is 0 Å². The van der Waals surface area contributed by atoms with E-state index in [9.17, 15) is 29.1 Å². The lowest BCUT2D eigenvalue weighted by Crippen LogP contribution is -2.58. The monoisotopic (exact) mass is 471 g/mol. The molecule has 0 saturated carbocycles. The SMILES string of the molecule is CCC(C)C(NC(=O)C(CC(N)=O)NC(=O)C(CC(C)C)NC(=O)C(N)CC(C)C)C(=O)O. The Labute approximate surface area is 195 Å². The average Bonchev–Trinajstić information content (AvgIpc) is 2.68. The second-order valence-corrected chi connectivity index (χ2v) is 9.37. The first kappa shape index (κ1) is 30.3. The van der Waals surface area contributed by atoms with Crippen molar-refractivity contribution in [3.8, 4) is 0 Å². The van der Waals surface area contributed by atoms with E-state index in [1.54, 1.807) is 13.8 Å². The standard InChI is InChI=1S/C22H41N5O6/c1-7-13(6)18(22(32)33)27-21(31)16(10-17(24)28)26-20(30)15(9-12(4)5)25-19(29)14(23)8-11(2)3/h11-16,18H,7-10,23H2,1-6H3,(H2,24,28)(H,25,29)(H,26,30)(H,27,31)(H,32,33). The molecule has 11 heteroatoms. The van der Waals surface area contributed by atoms with E-state index in [1.165, 1.54) is 0 Å². The summed E-state index contributed by atoms with van der Waals surface area (Å²) in [5.41, 5.74) is 11.1. The number of amides is 4. The van der Waals surface area contributed by atoms with E-state index in [0.29, 0.717) is 12.8 Å². The predicted octanol–water partition coefficient (Wildman–Crippen LogP) is -0.134. The molecule has 33 heavy (non-hydrogen) atoms. The van der Waals surface area contributed by atoms with Crippen LogP contribution in [0, 0.1) is 17.8 Å². The normalized spacial score (nSPS) is 15.8. The van der Waals surface area contributed by atoms with Gasteiger partial charge in [-0.3, -0.25) is 19.2 Å². The van der Waals surface area contributed by atoms with Gasteiger partial charge in [0.1, 0.15) is 18.1 Å².